The van der Waals surface area contributed by atoms with Gasteiger partial charge in [0.1, 0.15) is 0 Å². The maximum atomic E-state index is 4.65. The number of rotatable bonds is 2. The number of para-hydroxylation sites is 1. The Morgan fingerprint density at radius 3 is 2.33 bits per heavy atom. The van der Waals surface area contributed by atoms with Crippen molar-refractivity contribution in [1.82, 2.24) is 4.98 Å². The second kappa shape index (κ2) is 6.15. The topological polar surface area (TPSA) is 24.9 Å². The van der Waals surface area contributed by atoms with E-state index in [-0.39, 0.29) is 12.4 Å². The Balaban J connectivity index is 0.00000161. The molecule has 0 unspecified atom stereocenters. The second-order valence-corrected chi connectivity index (χ2v) is 5.27. The fourth-order valence-electron chi connectivity index (χ4n) is 2.42. The molecule has 3 aromatic rings. The molecule has 2 aromatic carbocycles. The lowest BCUT2D eigenvalue weighted by atomic mass is 10.1. The van der Waals surface area contributed by atoms with Crippen LogP contribution in [0.5, 0.6) is 0 Å². The highest BCUT2D eigenvalue weighted by Gasteiger charge is 2.06. The first-order valence-electron chi connectivity index (χ1n) is 6.84. The van der Waals surface area contributed by atoms with Crippen molar-refractivity contribution >= 4 is 22.3 Å². The largest absolute Gasteiger partial charge is 1.00 e. The molecule has 0 radical (unpaired) electrons. The molecule has 0 atom stereocenters. The summed E-state index contributed by atoms with van der Waals surface area (Å²) in [5, 5.41) is 4.67. The average molecular weight is 298 g/mol. The minimum absolute atomic E-state index is 0. The Labute approximate surface area is 131 Å². The lowest BCUT2D eigenvalue weighted by molar-refractivity contribution is -0.00000424. The third-order valence-electron chi connectivity index (χ3n) is 3.50. The van der Waals surface area contributed by atoms with E-state index in [1.54, 1.807) is 0 Å². The number of pyridine rings is 1. The van der Waals surface area contributed by atoms with Gasteiger partial charge in [-0.3, -0.25) is 4.98 Å². The van der Waals surface area contributed by atoms with Gasteiger partial charge in [0.2, 0.25) is 0 Å². The summed E-state index contributed by atoms with van der Waals surface area (Å²) >= 11 is 0. The molecule has 3 heteroatoms. The highest BCUT2D eigenvalue weighted by atomic mass is 35.5. The number of hydrogen-bond acceptors (Lipinski definition) is 2. The molecule has 108 valence electrons. The Morgan fingerprint density at radius 2 is 1.62 bits per heavy atom. The number of nitrogens with zero attached hydrogens (tertiary/aromatic N) is 1. The highest BCUT2D eigenvalue weighted by molar-refractivity contribution is 5.94. The number of benzene rings is 2. The molecule has 0 fully saturated rings. The van der Waals surface area contributed by atoms with Gasteiger partial charge in [-0.2, -0.15) is 0 Å². The van der Waals surface area contributed by atoms with Gasteiger partial charge in [-0.1, -0.05) is 35.9 Å². The smallest absolute Gasteiger partial charge is 0.0755 e. The zero-order valence-electron chi connectivity index (χ0n) is 12.4. The van der Waals surface area contributed by atoms with Crippen LogP contribution >= 0.6 is 0 Å². The molecule has 0 amide bonds. The predicted octanol–water partition coefficient (Wildman–Crippen LogP) is 1.91. The molecule has 21 heavy (non-hydrogen) atoms. The van der Waals surface area contributed by atoms with Crippen LogP contribution in [0.25, 0.3) is 10.9 Å². The van der Waals surface area contributed by atoms with E-state index in [9.17, 15) is 0 Å². The first-order valence-corrected chi connectivity index (χ1v) is 6.84. The zero-order chi connectivity index (χ0) is 14.1. The summed E-state index contributed by atoms with van der Waals surface area (Å²) in [6.45, 7) is 6.23. The molecule has 0 saturated heterocycles. The molecule has 0 aliphatic carbocycles. The van der Waals surface area contributed by atoms with E-state index in [1.807, 2.05) is 6.92 Å². The fourth-order valence-corrected chi connectivity index (χ4v) is 2.42. The minimum Gasteiger partial charge on any atom is -1.00 e. The van der Waals surface area contributed by atoms with Crippen molar-refractivity contribution < 1.29 is 12.4 Å². The third kappa shape index (κ3) is 3.17. The Kier molecular flexibility index (Phi) is 4.49. The lowest BCUT2D eigenvalue weighted by Crippen LogP contribution is -3.00. The van der Waals surface area contributed by atoms with Crippen molar-refractivity contribution in [3.63, 3.8) is 0 Å². The molecular formula is C18H18ClN2-. The zero-order valence-corrected chi connectivity index (χ0v) is 13.2. The molecule has 0 aliphatic rings. The summed E-state index contributed by atoms with van der Waals surface area (Å²) in [4.78, 5) is 4.65. The normalized spacial score (nSPS) is 10.2. The standard InChI is InChI=1S/C18H18N2.ClH/c1-12-7-9-15(10-8-12)20-17-11-14(3)19-18-13(2)5-4-6-16(17)18;/h4-11H,1-3H3,(H,19,20);1H/p-1. The van der Waals surface area contributed by atoms with Crippen LogP contribution < -0.4 is 17.7 Å². The van der Waals surface area contributed by atoms with Crippen LogP contribution in [-0.4, -0.2) is 4.98 Å². The van der Waals surface area contributed by atoms with Gasteiger partial charge >= 0.3 is 0 Å². The number of aryl methyl sites for hydroxylation is 3. The molecular weight excluding hydrogens is 280 g/mol. The van der Waals surface area contributed by atoms with Crippen molar-refractivity contribution in [2.24, 2.45) is 0 Å². The van der Waals surface area contributed by atoms with Gasteiger partial charge < -0.3 is 17.7 Å². The first kappa shape index (κ1) is 15.3. The van der Waals surface area contributed by atoms with Gasteiger partial charge in [0.25, 0.3) is 0 Å². The van der Waals surface area contributed by atoms with Crippen LogP contribution in [-0.2, 0) is 0 Å². The molecule has 1 N–H and O–H groups in total. The number of halogens is 1. The van der Waals surface area contributed by atoms with Gasteiger partial charge in [-0.05, 0) is 44.5 Å². The quantitative estimate of drug-likeness (QED) is 0.781. The van der Waals surface area contributed by atoms with Crippen molar-refractivity contribution in [2.45, 2.75) is 20.8 Å². The van der Waals surface area contributed by atoms with Crippen LogP contribution in [0.2, 0.25) is 0 Å². The van der Waals surface area contributed by atoms with Gasteiger partial charge in [-0.25, -0.2) is 0 Å². The molecule has 0 aliphatic heterocycles. The third-order valence-corrected chi connectivity index (χ3v) is 3.50. The van der Waals surface area contributed by atoms with E-state index in [4.69, 9.17) is 0 Å². The van der Waals surface area contributed by atoms with Crippen LogP contribution in [0, 0.1) is 20.8 Å². The lowest BCUT2D eigenvalue weighted by Gasteiger charge is -2.12. The molecule has 0 saturated carbocycles. The van der Waals surface area contributed by atoms with Gasteiger partial charge in [0, 0.05) is 22.5 Å². The van der Waals surface area contributed by atoms with E-state index in [0.717, 1.165) is 28.0 Å². The number of anilines is 2. The summed E-state index contributed by atoms with van der Waals surface area (Å²) in [6, 6.07) is 16.8. The summed E-state index contributed by atoms with van der Waals surface area (Å²) in [5.74, 6) is 0. The van der Waals surface area contributed by atoms with Crippen LogP contribution in [0.4, 0.5) is 11.4 Å². The molecule has 2 nitrogen and oxygen atoms in total. The van der Waals surface area contributed by atoms with Gasteiger partial charge in [-0.15, -0.1) is 0 Å². The van der Waals surface area contributed by atoms with Crippen molar-refractivity contribution in [3.05, 3.63) is 65.4 Å². The maximum absolute atomic E-state index is 4.65. The van der Waals surface area contributed by atoms with Crippen LogP contribution in [0.3, 0.4) is 0 Å². The summed E-state index contributed by atoms with van der Waals surface area (Å²) < 4.78 is 0. The fraction of sp³-hybridized carbons (Fsp3) is 0.167. The van der Waals surface area contributed by atoms with Gasteiger partial charge in [0.15, 0.2) is 0 Å². The van der Waals surface area contributed by atoms with Crippen molar-refractivity contribution in [1.29, 1.82) is 0 Å². The van der Waals surface area contributed by atoms with E-state index in [1.165, 1.54) is 11.1 Å². The van der Waals surface area contributed by atoms with Gasteiger partial charge in [0.05, 0.1) is 5.52 Å². The molecule has 3 rings (SSSR count). The SMILES string of the molecule is Cc1ccc(Nc2cc(C)nc3c(C)cccc23)cc1.[Cl-]. The molecule has 1 aromatic heterocycles. The number of nitrogens with one attached hydrogen (secondary N) is 1. The van der Waals surface area contributed by atoms with Crippen LogP contribution in [0.15, 0.2) is 48.5 Å². The Bertz CT molecular complexity index is 764. The van der Waals surface area contributed by atoms with E-state index >= 15 is 0 Å². The highest BCUT2D eigenvalue weighted by Crippen LogP contribution is 2.28. The average Bonchev–Trinajstić information content (AvgIpc) is 2.42. The second-order valence-electron chi connectivity index (χ2n) is 5.27. The van der Waals surface area contributed by atoms with Crippen molar-refractivity contribution in [2.75, 3.05) is 5.32 Å². The Morgan fingerprint density at radius 1 is 0.905 bits per heavy atom. The summed E-state index contributed by atoms with van der Waals surface area (Å²) in [6.07, 6.45) is 0. The van der Waals surface area contributed by atoms with E-state index in [0.29, 0.717) is 0 Å². The summed E-state index contributed by atoms with van der Waals surface area (Å²) in [5.41, 5.74) is 6.79. The number of fused-ring (bicyclic) bond motifs is 1. The van der Waals surface area contributed by atoms with E-state index < -0.39 is 0 Å². The molecule has 0 bridgehead atoms. The van der Waals surface area contributed by atoms with Crippen LogP contribution in [0.1, 0.15) is 16.8 Å². The summed E-state index contributed by atoms with van der Waals surface area (Å²) in [7, 11) is 0. The first-order chi connectivity index (χ1) is 9.63. The Hall–Kier alpha value is -2.06. The predicted molar refractivity (Wildman–Crippen MR) is 85.7 cm³/mol. The monoisotopic (exact) mass is 297 g/mol. The van der Waals surface area contributed by atoms with E-state index in [2.05, 4.69) is 72.7 Å². The molecule has 0 spiro atoms. The minimum atomic E-state index is 0. The number of hydrogen-bond donors (Lipinski definition) is 1. The molecule has 1 heterocycles. The number of aromatic nitrogens is 1. The van der Waals surface area contributed by atoms with Crippen molar-refractivity contribution in [3.8, 4) is 0 Å². The maximum Gasteiger partial charge on any atom is 0.0755 e.